The predicted octanol–water partition coefficient (Wildman–Crippen LogP) is 11.9. The molecule has 354 valence electrons. The second kappa shape index (κ2) is 25.1. The van der Waals surface area contributed by atoms with Crippen molar-refractivity contribution in [1.82, 2.24) is 0 Å². The number of ketones is 2. The Morgan fingerprint density at radius 3 is 1.32 bits per heavy atom. The molecule has 5 rings (SSSR count). The number of benzene rings is 5. The van der Waals surface area contributed by atoms with Crippen molar-refractivity contribution in [1.29, 1.82) is 0 Å². The van der Waals surface area contributed by atoms with Gasteiger partial charge >= 0.3 is 0 Å². The number of halogens is 5. The molecule has 0 heterocycles. The van der Waals surface area contributed by atoms with Crippen LogP contribution in [0.5, 0.6) is 11.5 Å². The number of anilines is 4. The van der Waals surface area contributed by atoms with Crippen molar-refractivity contribution < 1.29 is 38.2 Å². The summed E-state index contributed by atoms with van der Waals surface area (Å²) in [4.78, 5) is 78.5. The molecule has 0 bridgehead atoms. The number of ether oxygens (including phenoxy) is 2. The summed E-state index contributed by atoms with van der Waals surface area (Å²) in [6, 6.07) is 19.6. The molecule has 0 aliphatic heterocycles. The molecule has 0 radical (unpaired) electrons. The van der Waals surface area contributed by atoms with Gasteiger partial charge in [-0.2, -0.15) is 20.5 Å². The number of azo groups is 2. The Kier molecular flexibility index (Phi) is 19.4. The van der Waals surface area contributed by atoms with Crippen molar-refractivity contribution >= 4 is 127 Å². The van der Waals surface area contributed by atoms with Crippen LogP contribution >= 0.6 is 58.0 Å². The van der Waals surface area contributed by atoms with E-state index in [1.807, 2.05) is 13.8 Å². The first-order valence-electron chi connectivity index (χ1n) is 20.6. The second-order valence-corrected chi connectivity index (χ2v) is 16.1. The third kappa shape index (κ3) is 14.1. The van der Waals surface area contributed by atoms with Crippen molar-refractivity contribution in [2.24, 2.45) is 20.5 Å². The van der Waals surface area contributed by atoms with E-state index in [1.54, 1.807) is 36.4 Å². The van der Waals surface area contributed by atoms with Gasteiger partial charge < -0.3 is 30.7 Å². The average Bonchev–Trinajstić information content (AvgIpc) is 3.31. The van der Waals surface area contributed by atoms with Gasteiger partial charge in [-0.05, 0) is 124 Å². The molecule has 21 heteroatoms. The highest BCUT2D eigenvalue weighted by molar-refractivity contribution is 6.35. The van der Waals surface area contributed by atoms with Gasteiger partial charge in [0.2, 0.25) is 12.1 Å². The normalized spacial score (nSPS) is 12.0. The Morgan fingerprint density at radius 2 is 0.912 bits per heavy atom. The van der Waals surface area contributed by atoms with Gasteiger partial charge in [0.15, 0.2) is 11.6 Å². The number of hydrogen-bond acceptors (Lipinski definition) is 12. The first-order valence-corrected chi connectivity index (χ1v) is 22.9. The monoisotopic (exact) mass is 1020 g/mol. The molecule has 0 spiro atoms. The molecule has 2 atom stereocenters. The molecule has 0 aliphatic rings. The summed E-state index contributed by atoms with van der Waals surface area (Å²) in [7, 11) is 0. The highest BCUT2D eigenvalue weighted by Gasteiger charge is 2.26. The molecular weight excluding hydrogens is 982 g/mol. The van der Waals surface area contributed by atoms with E-state index in [4.69, 9.17) is 67.5 Å². The van der Waals surface area contributed by atoms with Crippen LogP contribution in [-0.4, -0.2) is 60.5 Å². The van der Waals surface area contributed by atoms with E-state index in [1.165, 1.54) is 54.6 Å². The minimum absolute atomic E-state index is 0.0467. The fraction of sp³-hybridized carbons (Fsp3) is 0.234. The van der Waals surface area contributed by atoms with E-state index < -0.39 is 47.3 Å². The molecule has 0 fully saturated rings. The molecule has 5 aromatic rings. The van der Waals surface area contributed by atoms with Gasteiger partial charge in [0.25, 0.3) is 23.6 Å². The number of nitrogens with zero attached hydrogens (tertiary/aromatic N) is 4. The lowest BCUT2D eigenvalue weighted by Gasteiger charge is -2.15. The molecular formula is C47H43Cl5N8O8. The van der Waals surface area contributed by atoms with E-state index in [0.29, 0.717) is 52.8 Å². The van der Waals surface area contributed by atoms with Gasteiger partial charge in [0.1, 0.15) is 11.5 Å². The second-order valence-electron chi connectivity index (χ2n) is 14.5. The topological polar surface area (TPSA) is 218 Å². The van der Waals surface area contributed by atoms with E-state index in [9.17, 15) is 28.8 Å². The number of Topliss-reactive ketones (excluding diaryl/α,β-unsaturated/α-hetero) is 2. The van der Waals surface area contributed by atoms with Gasteiger partial charge in [-0.3, -0.25) is 28.8 Å². The molecule has 16 nitrogen and oxygen atoms in total. The van der Waals surface area contributed by atoms with Crippen LogP contribution in [0.25, 0.3) is 0 Å². The molecule has 0 aromatic heterocycles. The molecule has 0 saturated carbocycles. The van der Waals surface area contributed by atoms with Gasteiger partial charge in [0.05, 0.1) is 57.5 Å². The van der Waals surface area contributed by atoms with Crippen molar-refractivity contribution in [3.8, 4) is 11.5 Å². The lowest BCUT2D eigenvalue weighted by atomic mass is 10.1. The minimum atomic E-state index is -1.61. The van der Waals surface area contributed by atoms with Gasteiger partial charge in [-0.1, -0.05) is 23.2 Å². The van der Waals surface area contributed by atoms with Gasteiger partial charge in [0, 0.05) is 39.8 Å². The van der Waals surface area contributed by atoms with Crippen molar-refractivity contribution in [2.75, 3.05) is 34.5 Å². The van der Waals surface area contributed by atoms with Gasteiger partial charge in [-0.25, -0.2) is 0 Å². The number of carbonyl (C=O) groups is 6. The Bertz CT molecular complexity index is 2790. The summed E-state index contributed by atoms with van der Waals surface area (Å²) >= 11 is 31.1. The molecule has 0 aliphatic carbocycles. The molecule has 4 N–H and O–H groups in total. The maximum Gasteiger partial charge on any atom is 0.258 e. The van der Waals surface area contributed by atoms with Crippen LogP contribution in [0.15, 0.2) is 111 Å². The van der Waals surface area contributed by atoms with Crippen LogP contribution < -0.4 is 30.7 Å². The lowest BCUT2D eigenvalue weighted by Crippen LogP contribution is -2.32. The first-order chi connectivity index (χ1) is 32.6. The molecule has 68 heavy (non-hydrogen) atoms. The van der Waals surface area contributed by atoms with Crippen LogP contribution in [-0.2, 0) is 36.8 Å². The highest BCUT2D eigenvalue weighted by Crippen LogP contribution is 2.30. The number of nitrogens with one attached hydrogen (secondary N) is 4. The van der Waals surface area contributed by atoms with Crippen LogP contribution in [0.3, 0.4) is 0 Å². The molecule has 5 aromatic carbocycles. The van der Waals surface area contributed by atoms with E-state index in [2.05, 4.69) is 41.7 Å². The lowest BCUT2D eigenvalue weighted by molar-refractivity contribution is -0.127. The summed E-state index contributed by atoms with van der Waals surface area (Å²) < 4.78 is 11.1. The summed E-state index contributed by atoms with van der Waals surface area (Å²) in [5, 5.41) is 27.0. The highest BCUT2D eigenvalue weighted by atomic mass is 35.5. The number of carbonyl (C=O) groups excluding carboxylic acids is 6. The fourth-order valence-corrected chi connectivity index (χ4v) is 7.26. The predicted molar refractivity (Wildman–Crippen MR) is 264 cm³/mol. The van der Waals surface area contributed by atoms with Crippen molar-refractivity contribution in [3.05, 3.63) is 129 Å². The Balaban J connectivity index is 1.24. The van der Waals surface area contributed by atoms with Crippen molar-refractivity contribution in [2.45, 2.75) is 57.4 Å². The number of alkyl halides is 3. The first kappa shape index (κ1) is 52.5. The Hall–Kier alpha value is -6.43. The standard InChI is InChI=1S/C47H43Cl5N8O8/c1-5-67-40-15-10-31(18-28(40)23-49)53-44(63)35-20-33(7-12-37(35)51)57-59-42(25(3)61)46(65)55-30-9-14-39(27(17-30)22-48)56-47(66)43(26(4)62)60-58-34-8-13-38(52)36(21-34)45(64)54-32-11-16-41(68-6-2)29(19-32)24-50/h7-21,42-43H,5-6,22-24H2,1-4H3,(H,53,63)(H,54,64)(H,55,65)(H,56,66). The van der Waals surface area contributed by atoms with Crippen molar-refractivity contribution in [3.63, 3.8) is 0 Å². The summed E-state index contributed by atoms with van der Waals surface area (Å²) in [5.41, 5.74) is 3.29. The van der Waals surface area contributed by atoms with E-state index in [-0.39, 0.29) is 61.6 Å². The molecule has 0 saturated heterocycles. The molecule has 2 unspecified atom stereocenters. The van der Waals surface area contributed by atoms with Gasteiger partial charge in [-0.15, -0.1) is 34.8 Å². The maximum atomic E-state index is 13.4. The third-order valence-corrected chi connectivity index (χ3v) is 11.1. The fourth-order valence-electron chi connectivity index (χ4n) is 6.21. The SMILES string of the molecule is CCOc1ccc(NC(=O)c2cc(N=NC(C(C)=O)C(=O)Nc3ccc(NC(=O)C(N=Nc4ccc(Cl)c(C(=O)Nc5ccc(OCC)c(CCl)c5)c4)C(C)=O)c(CCl)c3)ccc2Cl)cc1CCl. The quantitative estimate of drug-likeness (QED) is 0.0314. The zero-order valence-corrected chi connectivity index (χ0v) is 40.6. The zero-order chi connectivity index (χ0) is 49.5. The summed E-state index contributed by atoms with van der Waals surface area (Å²) in [6.45, 7) is 6.88. The number of hydrogen-bond donors (Lipinski definition) is 4. The largest absolute Gasteiger partial charge is 0.494 e. The van der Waals surface area contributed by atoms with Crippen LogP contribution in [0.1, 0.15) is 65.1 Å². The average molecular weight is 1030 g/mol. The molecule has 4 amide bonds. The van der Waals surface area contributed by atoms with E-state index in [0.717, 1.165) is 13.8 Å². The zero-order valence-electron chi connectivity index (χ0n) is 36.8. The smallest absolute Gasteiger partial charge is 0.258 e. The Labute approximate surface area is 416 Å². The minimum Gasteiger partial charge on any atom is -0.494 e. The van der Waals surface area contributed by atoms with Crippen LogP contribution in [0.4, 0.5) is 34.1 Å². The van der Waals surface area contributed by atoms with E-state index >= 15 is 0 Å². The third-order valence-electron chi connectivity index (χ3n) is 9.53. The number of rotatable bonds is 21. The summed E-state index contributed by atoms with van der Waals surface area (Å²) in [5.74, 6) is -2.77. The van der Waals surface area contributed by atoms with Crippen LogP contribution in [0, 0.1) is 0 Å². The maximum absolute atomic E-state index is 13.4. The number of amides is 4. The Morgan fingerprint density at radius 1 is 0.515 bits per heavy atom. The van der Waals surface area contributed by atoms with Crippen LogP contribution in [0.2, 0.25) is 10.0 Å². The summed E-state index contributed by atoms with van der Waals surface area (Å²) in [6.07, 6.45) is 0.